The Morgan fingerprint density at radius 1 is 1.04 bits per heavy atom. The third-order valence-electron chi connectivity index (χ3n) is 3.38. The molecule has 0 aliphatic heterocycles. The van der Waals surface area contributed by atoms with Crippen molar-refractivity contribution in [3.8, 4) is 5.75 Å². The Morgan fingerprint density at radius 2 is 1.78 bits per heavy atom. The van der Waals surface area contributed by atoms with Gasteiger partial charge in [-0.2, -0.15) is 0 Å². The van der Waals surface area contributed by atoms with Gasteiger partial charge in [0.25, 0.3) is 0 Å². The van der Waals surface area contributed by atoms with Gasteiger partial charge in [0.05, 0.1) is 6.61 Å². The first-order valence-corrected chi connectivity index (χ1v) is 8.53. The highest BCUT2D eigenvalue weighted by atomic mass is 35.5. The van der Waals surface area contributed by atoms with Crippen LogP contribution < -0.4 is 4.74 Å². The first kappa shape index (κ1) is 19.5. The first-order chi connectivity index (χ1) is 11.0. The molecule has 0 aliphatic rings. The van der Waals surface area contributed by atoms with Crippen LogP contribution in [0.3, 0.4) is 0 Å². The molecule has 4 nitrogen and oxygen atoms in total. The van der Waals surface area contributed by atoms with E-state index in [0.29, 0.717) is 23.8 Å². The van der Waals surface area contributed by atoms with Crippen molar-refractivity contribution < 1.29 is 19.1 Å². The Kier molecular flexibility index (Phi) is 9.37. The van der Waals surface area contributed by atoms with Gasteiger partial charge in [-0.1, -0.05) is 37.8 Å². The summed E-state index contributed by atoms with van der Waals surface area (Å²) in [5.74, 6) is -0.144. The van der Waals surface area contributed by atoms with Gasteiger partial charge in [-0.25, -0.2) is 0 Å². The van der Waals surface area contributed by atoms with Crippen LogP contribution in [0.2, 0.25) is 5.02 Å². The molecular formula is C18H25ClO4. The molecule has 0 spiro atoms. The van der Waals surface area contributed by atoms with Crippen molar-refractivity contribution in [1.82, 2.24) is 0 Å². The summed E-state index contributed by atoms with van der Waals surface area (Å²) in [6.45, 7) is 4.44. The molecule has 0 aromatic heterocycles. The summed E-state index contributed by atoms with van der Waals surface area (Å²) in [4.78, 5) is 23.2. The van der Waals surface area contributed by atoms with Crippen molar-refractivity contribution in [2.45, 2.75) is 58.8 Å². The van der Waals surface area contributed by atoms with Crippen molar-refractivity contribution >= 4 is 23.5 Å². The number of aryl methyl sites for hydroxylation is 1. The van der Waals surface area contributed by atoms with E-state index in [4.69, 9.17) is 21.1 Å². The molecule has 0 saturated carbocycles. The highest BCUT2D eigenvalue weighted by Crippen LogP contribution is 2.21. The highest BCUT2D eigenvalue weighted by Gasteiger charge is 2.09. The lowest BCUT2D eigenvalue weighted by Crippen LogP contribution is -2.10. The van der Waals surface area contributed by atoms with Crippen molar-refractivity contribution in [2.75, 3.05) is 6.61 Å². The van der Waals surface area contributed by atoms with Crippen LogP contribution in [0.25, 0.3) is 0 Å². The topological polar surface area (TPSA) is 52.6 Å². The van der Waals surface area contributed by atoms with E-state index in [1.165, 1.54) is 0 Å². The number of ether oxygens (including phenoxy) is 2. The molecule has 0 heterocycles. The fourth-order valence-electron chi connectivity index (χ4n) is 2.03. The number of hydrogen-bond donors (Lipinski definition) is 0. The van der Waals surface area contributed by atoms with Crippen LogP contribution in [-0.4, -0.2) is 18.5 Å². The van der Waals surface area contributed by atoms with Crippen LogP contribution in [0, 0.1) is 6.92 Å². The van der Waals surface area contributed by atoms with Crippen LogP contribution in [0.4, 0.5) is 0 Å². The number of carbonyl (C=O) groups excluding carboxylic acids is 2. The second-order valence-corrected chi connectivity index (χ2v) is 5.93. The first-order valence-electron chi connectivity index (χ1n) is 8.15. The maximum absolute atomic E-state index is 11.7. The van der Waals surface area contributed by atoms with Crippen LogP contribution >= 0.6 is 11.6 Å². The summed E-state index contributed by atoms with van der Waals surface area (Å²) in [6.07, 6.45) is 5.15. The maximum Gasteiger partial charge on any atom is 0.311 e. The Bertz CT molecular complexity index is 514. The minimum Gasteiger partial charge on any atom is -0.466 e. The zero-order chi connectivity index (χ0) is 17.1. The van der Waals surface area contributed by atoms with E-state index >= 15 is 0 Å². The summed E-state index contributed by atoms with van der Waals surface area (Å²) in [5, 5.41) is 0.631. The summed E-state index contributed by atoms with van der Waals surface area (Å²) in [7, 11) is 0. The van der Waals surface area contributed by atoms with Crippen molar-refractivity contribution in [1.29, 1.82) is 0 Å². The van der Waals surface area contributed by atoms with Crippen LogP contribution in [0.1, 0.15) is 57.4 Å². The van der Waals surface area contributed by atoms with Crippen molar-refractivity contribution in [3.05, 3.63) is 28.8 Å². The molecule has 0 saturated heterocycles. The molecule has 23 heavy (non-hydrogen) atoms. The van der Waals surface area contributed by atoms with Gasteiger partial charge < -0.3 is 9.47 Å². The molecular weight excluding hydrogens is 316 g/mol. The summed E-state index contributed by atoms with van der Waals surface area (Å²) >= 11 is 5.91. The van der Waals surface area contributed by atoms with E-state index in [0.717, 1.165) is 31.2 Å². The third-order valence-corrected chi connectivity index (χ3v) is 3.81. The summed E-state index contributed by atoms with van der Waals surface area (Å²) in [5.41, 5.74) is 0.851. The highest BCUT2D eigenvalue weighted by molar-refractivity contribution is 6.31. The normalized spacial score (nSPS) is 10.4. The largest absolute Gasteiger partial charge is 0.466 e. The predicted molar refractivity (Wildman–Crippen MR) is 90.8 cm³/mol. The lowest BCUT2D eigenvalue weighted by atomic mass is 10.2. The van der Waals surface area contributed by atoms with Gasteiger partial charge in [-0.3, -0.25) is 9.59 Å². The number of unbranched alkanes of at least 4 members (excludes halogenated alkanes) is 3. The van der Waals surface area contributed by atoms with Gasteiger partial charge in [0.2, 0.25) is 0 Å². The van der Waals surface area contributed by atoms with E-state index in [1.807, 2.05) is 6.92 Å². The number of hydrogen-bond acceptors (Lipinski definition) is 4. The zero-order valence-corrected chi connectivity index (χ0v) is 14.7. The lowest BCUT2D eigenvalue weighted by Gasteiger charge is -2.06. The molecule has 0 fully saturated rings. The Morgan fingerprint density at radius 3 is 2.48 bits per heavy atom. The standard InChI is InChI=1S/C18H25ClO4/c1-3-4-5-6-12-22-17(20)8-7-9-18(21)23-15-10-11-16(19)14(2)13-15/h10-11,13H,3-9,12H2,1-2H3. The second kappa shape index (κ2) is 11.1. The van der Waals surface area contributed by atoms with Crippen LogP contribution in [0.5, 0.6) is 5.75 Å². The molecule has 1 rings (SSSR count). The predicted octanol–water partition coefficient (Wildman–Crippen LogP) is 4.85. The summed E-state index contributed by atoms with van der Waals surface area (Å²) in [6, 6.07) is 5.05. The molecule has 0 amide bonds. The van der Waals surface area contributed by atoms with Gasteiger partial charge in [0.15, 0.2) is 0 Å². The smallest absolute Gasteiger partial charge is 0.311 e. The van der Waals surface area contributed by atoms with Gasteiger partial charge in [0.1, 0.15) is 5.75 Å². The zero-order valence-electron chi connectivity index (χ0n) is 13.9. The Hall–Kier alpha value is -1.55. The minimum absolute atomic E-state index is 0.187. The van der Waals surface area contributed by atoms with E-state index in [9.17, 15) is 9.59 Å². The van der Waals surface area contributed by atoms with E-state index in [1.54, 1.807) is 18.2 Å². The van der Waals surface area contributed by atoms with Gasteiger partial charge in [-0.15, -0.1) is 0 Å². The molecule has 1 aromatic rings. The Labute approximate surface area is 143 Å². The molecule has 0 radical (unpaired) electrons. The average molecular weight is 341 g/mol. The molecule has 5 heteroatoms. The number of halogens is 1. The summed E-state index contributed by atoms with van der Waals surface area (Å²) < 4.78 is 10.3. The average Bonchev–Trinajstić information content (AvgIpc) is 2.51. The fourth-order valence-corrected chi connectivity index (χ4v) is 2.14. The monoisotopic (exact) mass is 340 g/mol. The molecule has 128 valence electrons. The van der Waals surface area contributed by atoms with Crippen molar-refractivity contribution in [3.63, 3.8) is 0 Å². The van der Waals surface area contributed by atoms with Crippen LogP contribution in [-0.2, 0) is 14.3 Å². The molecule has 0 unspecified atom stereocenters. The number of rotatable bonds is 10. The molecule has 0 atom stereocenters. The number of benzene rings is 1. The number of esters is 2. The lowest BCUT2D eigenvalue weighted by molar-refractivity contribution is -0.144. The third kappa shape index (κ3) is 8.60. The quantitative estimate of drug-likeness (QED) is 0.347. The van der Waals surface area contributed by atoms with E-state index in [-0.39, 0.29) is 24.8 Å². The molecule has 1 aromatic carbocycles. The fraction of sp³-hybridized carbons (Fsp3) is 0.556. The molecule has 0 bridgehead atoms. The molecule has 0 N–H and O–H groups in total. The van der Waals surface area contributed by atoms with E-state index < -0.39 is 0 Å². The molecule has 0 aliphatic carbocycles. The number of carbonyl (C=O) groups is 2. The van der Waals surface area contributed by atoms with Gasteiger partial charge in [-0.05, 0) is 43.5 Å². The van der Waals surface area contributed by atoms with E-state index in [2.05, 4.69) is 6.92 Å². The van der Waals surface area contributed by atoms with Gasteiger partial charge >= 0.3 is 11.9 Å². The minimum atomic E-state index is -0.359. The Balaban J connectivity index is 2.15. The van der Waals surface area contributed by atoms with Gasteiger partial charge in [0, 0.05) is 17.9 Å². The van der Waals surface area contributed by atoms with Crippen LogP contribution in [0.15, 0.2) is 18.2 Å². The second-order valence-electron chi connectivity index (χ2n) is 5.52. The van der Waals surface area contributed by atoms with Crippen molar-refractivity contribution in [2.24, 2.45) is 0 Å². The SMILES string of the molecule is CCCCCCOC(=O)CCCC(=O)Oc1ccc(Cl)c(C)c1. The maximum atomic E-state index is 11.7.